The van der Waals surface area contributed by atoms with E-state index in [4.69, 9.17) is 5.11 Å². The van der Waals surface area contributed by atoms with Crippen LogP contribution in [-0.2, 0) is 14.4 Å². The van der Waals surface area contributed by atoms with Gasteiger partial charge >= 0.3 is 71.1 Å². The van der Waals surface area contributed by atoms with Crippen LogP contribution in [0.1, 0.15) is 55.7 Å². The van der Waals surface area contributed by atoms with Crippen LogP contribution in [0.2, 0.25) is 0 Å². The maximum absolute atomic E-state index is 10.6. The molecule has 0 rings (SSSR count). The van der Waals surface area contributed by atoms with Gasteiger partial charge in [0.1, 0.15) is 0 Å². The van der Waals surface area contributed by atoms with Crippen molar-refractivity contribution >= 4 is 11.9 Å². The molecule has 2 N–H and O–H groups in total. The molecule has 0 saturated heterocycles. The summed E-state index contributed by atoms with van der Waals surface area (Å²) >= 11 is 0. The van der Waals surface area contributed by atoms with E-state index in [1.165, 1.54) is 12.8 Å². The average molecular weight is 281 g/mol. The van der Waals surface area contributed by atoms with E-state index in [9.17, 15) is 9.59 Å². The van der Waals surface area contributed by atoms with Gasteiger partial charge in [-0.25, -0.2) is 0 Å². The standard InChI is InChI=1S/C8H17NO2.C3H6O2.2Na.2H/c1-3-5-6-7-9-11-8(10)4-2;1-2-3(4)5;;;;/h9H,3-7H2,1-2H3;2H2,1H3,(H,4,5);;;;/q;;2*+1;2*-1. The number of carbonyl (C=O) groups is 2. The van der Waals surface area contributed by atoms with E-state index < -0.39 is 5.97 Å². The minimum Gasteiger partial charge on any atom is -1.00 e. The SMILES string of the molecule is CCC(=O)O.CCCCCNOC(=O)CC.[H-].[H-].[Na+].[Na+]. The molecule has 5 nitrogen and oxygen atoms in total. The first kappa shape index (κ1) is 27.3. The monoisotopic (exact) mass is 281 g/mol. The molecule has 0 aliphatic carbocycles. The summed E-state index contributed by atoms with van der Waals surface area (Å²) in [4.78, 5) is 24.6. The van der Waals surface area contributed by atoms with Gasteiger partial charge in [-0.3, -0.25) is 9.59 Å². The normalized spacial score (nSPS) is 7.94. The Morgan fingerprint density at radius 1 is 1.11 bits per heavy atom. The summed E-state index contributed by atoms with van der Waals surface area (Å²) in [7, 11) is 0. The molecule has 0 aromatic carbocycles. The van der Waals surface area contributed by atoms with Gasteiger partial charge in [-0.15, -0.1) is 0 Å². The maximum atomic E-state index is 10.6. The van der Waals surface area contributed by atoms with E-state index in [1.54, 1.807) is 13.8 Å². The van der Waals surface area contributed by atoms with Gasteiger partial charge in [0.25, 0.3) is 0 Å². The molecule has 0 saturated carbocycles. The second-order valence-electron chi connectivity index (χ2n) is 3.18. The fourth-order valence-electron chi connectivity index (χ4n) is 0.651. The Balaban J connectivity index is -0.0000000482. The van der Waals surface area contributed by atoms with Crippen molar-refractivity contribution in [3.63, 3.8) is 0 Å². The van der Waals surface area contributed by atoms with Crippen molar-refractivity contribution in [3.8, 4) is 0 Å². The number of carboxylic acid groups (broad SMARTS) is 1. The van der Waals surface area contributed by atoms with Gasteiger partial charge in [0.2, 0.25) is 0 Å². The molecular weight excluding hydrogens is 256 g/mol. The van der Waals surface area contributed by atoms with E-state index in [0.29, 0.717) is 6.42 Å². The number of hydrogen-bond acceptors (Lipinski definition) is 4. The largest absolute Gasteiger partial charge is 1.00 e. The predicted octanol–water partition coefficient (Wildman–Crippen LogP) is -3.65. The molecule has 0 aliphatic heterocycles. The van der Waals surface area contributed by atoms with Crippen LogP contribution < -0.4 is 64.6 Å². The molecule has 7 heteroatoms. The van der Waals surface area contributed by atoms with E-state index in [-0.39, 0.29) is 74.4 Å². The first-order valence-electron chi connectivity index (χ1n) is 5.72. The predicted molar refractivity (Wildman–Crippen MR) is 64.1 cm³/mol. The van der Waals surface area contributed by atoms with Gasteiger partial charge in [0.15, 0.2) is 0 Å². The number of rotatable bonds is 7. The molecule has 0 bridgehead atoms. The summed E-state index contributed by atoms with van der Waals surface area (Å²) in [6.07, 6.45) is 4.08. The fourth-order valence-corrected chi connectivity index (χ4v) is 0.651. The Morgan fingerprint density at radius 3 is 1.94 bits per heavy atom. The molecule has 0 unspecified atom stereocenters. The Morgan fingerprint density at radius 2 is 1.61 bits per heavy atom. The zero-order valence-electron chi connectivity index (χ0n) is 14.4. The quantitative estimate of drug-likeness (QED) is 0.286. The van der Waals surface area contributed by atoms with Gasteiger partial charge in [-0.05, 0) is 6.42 Å². The molecule has 100 valence electrons. The maximum Gasteiger partial charge on any atom is 1.00 e. The van der Waals surface area contributed by atoms with Gasteiger partial charge in [-0.2, -0.15) is 5.48 Å². The number of carboxylic acids is 1. The third-order valence-corrected chi connectivity index (χ3v) is 1.66. The third-order valence-electron chi connectivity index (χ3n) is 1.66. The summed E-state index contributed by atoms with van der Waals surface area (Å²) < 4.78 is 0. The number of hydroxylamine groups is 1. The van der Waals surface area contributed by atoms with Crippen molar-refractivity contribution in [2.24, 2.45) is 0 Å². The van der Waals surface area contributed by atoms with Crippen molar-refractivity contribution < 1.29 is 81.5 Å². The molecular formula is C11H25NNa2O4. The van der Waals surface area contributed by atoms with Crippen molar-refractivity contribution in [1.29, 1.82) is 0 Å². The fraction of sp³-hybridized carbons (Fsp3) is 0.818. The molecule has 0 aliphatic rings. The second kappa shape index (κ2) is 23.0. The first-order chi connectivity index (χ1) is 7.58. The minimum atomic E-state index is -0.745. The van der Waals surface area contributed by atoms with Crippen LogP contribution >= 0.6 is 0 Å². The number of nitrogens with one attached hydrogen (secondary N) is 1. The number of hydrogen-bond donors (Lipinski definition) is 2. The van der Waals surface area contributed by atoms with Crippen molar-refractivity contribution in [1.82, 2.24) is 5.48 Å². The van der Waals surface area contributed by atoms with Gasteiger partial charge < -0.3 is 12.8 Å². The number of carbonyl (C=O) groups excluding carboxylic acids is 1. The van der Waals surface area contributed by atoms with Crippen LogP contribution in [0.3, 0.4) is 0 Å². The summed E-state index contributed by atoms with van der Waals surface area (Å²) in [5.74, 6) is -0.938. The van der Waals surface area contributed by atoms with Crippen LogP contribution in [0.4, 0.5) is 0 Å². The van der Waals surface area contributed by atoms with E-state index in [0.717, 1.165) is 13.0 Å². The molecule has 0 fully saturated rings. The molecule has 0 heterocycles. The zero-order valence-corrected chi connectivity index (χ0v) is 16.4. The average Bonchev–Trinajstić information content (AvgIpc) is 2.29. The van der Waals surface area contributed by atoms with Gasteiger partial charge in [0, 0.05) is 19.4 Å². The van der Waals surface area contributed by atoms with Crippen LogP contribution in [0.5, 0.6) is 0 Å². The molecule has 0 amide bonds. The molecule has 18 heavy (non-hydrogen) atoms. The zero-order chi connectivity index (χ0) is 12.8. The Bertz CT molecular complexity index is 201. The van der Waals surface area contributed by atoms with Crippen molar-refractivity contribution in [2.75, 3.05) is 6.54 Å². The third kappa shape index (κ3) is 30.2. The summed E-state index contributed by atoms with van der Waals surface area (Å²) in [5, 5.41) is 7.72. The summed E-state index contributed by atoms with van der Waals surface area (Å²) in [5.41, 5.74) is 2.62. The summed E-state index contributed by atoms with van der Waals surface area (Å²) in [6, 6.07) is 0. The van der Waals surface area contributed by atoms with Gasteiger partial charge in [-0.1, -0.05) is 33.6 Å². The number of aliphatic carboxylic acids is 1. The minimum absolute atomic E-state index is 0. The second-order valence-corrected chi connectivity index (χ2v) is 3.18. The Kier molecular flexibility index (Phi) is 34.9. The first-order valence-corrected chi connectivity index (χ1v) is 5.72. The van der Waals surface area contributed by atoms with Crippen LogP contribution in [-0.4, -0.2) is 23.6 Å². The van der Waals surface area contributed by atoms with Crippen molar-refractivity contribution in [2.45, 2.75) is 52.9 Å². The molecule has 0 radical (unpaired) electrons. The smallest absolute Gasteiger partial charge is 1.00 e. The summed E-state index contributed by atoms with van der Waals surface area (Å²) in [6.45, 7) is 6.27. The van der Waals surface area contributed by atoms with Gasteiger partial charge in [0.05, 0.1) is 0 Å². The Hall–Kier alpha value is 0.900. The molecule has 0 spiro atoms. The number of unbranched alkanes of at least 4 members (excludes halogenated alkanes) is 2. The Labute approximate surface area is 157 Å². The molecule has 0 atom stereocenters. The van der Waals surface area contributed by atoms with E-state index in [2.05, 4.69) is 17.2 Å². The topological polar surface area (TPSA) is 75.6 Å². The van der Waals surface area contributed by atoms with Crippen molar-refractivity contribution in [3.05, 3.63) is 0 Å². The van der Waals surface area contributed by atoms with Crippen LogP contribution in [0.15, 0.2) is 0 Å². The van der Waals surface area contributed by atoms with E-state index >= 15 is 0 Å². The molecule has 0 aromatic rings. The van der Waals surface area contributed by atoms with Crippen LogP contribution in [0, 0.1) is 0 Å². The molecule has 0 aromatic heterocycles. The van der Waals surface area contributed by atoms with Crippen LogP contribution in [0.25, 0.3) is 0 Å². The van der Waals surface area contributed by atoms with E-state index in [1.807, 2.05) is 0 Å².